The van der Waals surface area contributed by atoms with E-state index in [0.717, 1.165) is 5.56 Å². The number of aromatic hydroxyl groups is 1. The molecule has 2 rings (SSSR count). The number of aliphatic imine (C=N–C) groups is 1. The van der Waals surface area contributed by atoms with E-state index in [4.69, 9.17) is 0 Å². The number of aryl methyl sites for hydroxylation is 1. The van der Waals surface area contributed by atoms with E-state index < -0.39 is 5.82 Å². The first kappa shape index (κ1) is 12.8. The molecule has 0 atom stereocenters. The second-order valence-corrected chi connectivity index (χ2v) is 4.78. The average Bonchev–Trinajstić information content (AvgIpc) is 2.31. The Balaban J connectivity index is 2.36. The summed E-state index contributed by atoms with van der Waals surface area (Å²) in [7, 11) is 0. The molecule has 0 aliphatic rings. The Morgan fingerprint density at radius 2 is 2.06 bits per heavy atom. The highest BCUT2D eigenvalue weighted by molar-refractivity contribution is 9.10. The Hall–Kier alpha value is -1.68. The van der Waals surface area contributed by atoms with E-state index >= 15 is 0 Å². The molecule has 0 spiro atoms. The zero-order chi connectivity index (χ0) is 13.1. The van der Waals surface area contributed by atoms with Crippen molar-refractivity contribution >= 4 is 27.8 Å². The molecule has 4 heteroatoms. The summed E-state index contributed by atoms with van der Waals surface area (Å²) in [4.78, 5) is 4.06. The summed E-state index contributed by atoms with van der Waals surface area (Å²) in [5, 5.41) is 9.69. The summed E-state index contributed by atoms with van der Waals surface area (Å²) < 4.78 is 14.2. The topological polar surface area (TPSA) is 32.6 Å². The summed E-state index contributed by atoms with van der Waals surface area (Å²) in [6.45, 7) is 1.86. The van der Waals surface area contributed by atoms with Crippen molar-refractivity contribution in [2.24, 2.45) is 4.99 Å². The second-order valence-electron chi connectivity index (χ2n) is 3.86. The maximum atomic E-state index is 13.5. The molecule has 0 saturated carbocycles. The number of nitrogens with zero attached hydrogens (tertiary/aromatic N) is 1. The maximum Gasteiger partial charge on any atom is 0.149 e. The van der Waals surface area contributed by atoms with Gasteiger partial charge in [-0.25, -0.2) is 4.39 Å². The number of halogens is 2. The van der Waals surface area contributed by atoms with Crippen LogP contribution in [0.2, 0.25) is 0 Å². The molecule has 18 heavy (non-hydrogen) atoms. The molecule has 0 radical (unpaired) electrons. The number of hydrogen-bond donors (Lipinski definition) is 1. The molecule has 0 bridgehead atoms. The molecule has 0 aliphatic carbocycles. The lowest BCUT2D eigenvalue weighted by Crippen LogP contribution is -1.87. The minimum atomic E-state index is -0.409. The van der Waals surface area contributed by atoms with Gasteiger partial charge in [0.25, 0.3) is 0 Å². The number of rotatable bonds is 2. The van der Waals surface area contributed by atoms with Crippen LogP contribution in [0.1, 0.15) is 11.1 Å². The summed E-state index contributed by atoms with van der Waals surface area (Å²) in [6, 6.07) is 9.83. The van der Waals surface area contributed by atoms with Crippen molar-refractivity contribution in [1.29, 1.82) is 0 Å². The maximum absolute atomic E-state index is 13.5. The molecule has 2 aromatic carbocycles. The lowest BCUT2D eigenvalue weighted by Gasteiger charge is -2.02. The monoisotopic (exact) mass is 307 g/mol. The quantitative estimate of drug-likeness (QED) is 0.822. The van der Waals surface area contributed by atoms with Crippen molar-refractivity contribution in [3.8, 4) is 5.75 Å². The van der Waals surface area contributed by atoms with E-state index in [2.05, 4.69) is 20.9 Å². The van der Waals surface area contributed by atoms with Crippen LogP contribution >= 0.6 is 15.9 Å². The smallest absolute Gasteiger partial charge is 0.149 e. The summed E-state index contributed by atoms with van der Waals surface area (Å²) >= 11 is 3.18. The van der Waals surface area contributed by atoms with Crippen LogP contribution < -0.4 is 0 Å². The number of benzene rings is 2. The molecule has 0 amide bonds. The molecule has 0 unspecified atom stereocenters. The Labute approximate surface area is 113 Å². The first-order chi connectivity index (χ1) is 8.58. The van der Waals surface area contributed by atoms with Gasteiger partial charge in [0.2, 0.25) is 0 Å². The summed E-state index contributed by atoms with van der Waals surface area (Å²) in [6.07, 6.45) is 1.47. The SMILES string of the molecule is Cc1cccc(O)c1C=Nc1ccc(Br)cc1F. The van der Waals surface area contributed by atoms with Crippen molar-refractivity contribution in [2.45, 2.75) is 6.92 Å². The minimum absolute atomic E-state index is 0.135. The van der Waals surface area contributed by atoms with Crippen LogP contribution in [0.15, 0.2) is 45.9 Å². The van der Waals surface area contributed by atoms with Gasteiger partial charge in [-0.05, 0) is 36.8 Å². The van der Waals surface area contributed by atoms with E-state index in [0.29, 0.717) is 10.0 Å². The zero-order valence-corrected chi connectivity index (χ0v) is 11.3. The van der Waals surface area contributed by atoms with E-state index in [1.54, 1.807) is 24.3 Å². The highest BCUT2D eigenvalue weighted by Crippen LogP contribution is 2.23. The standard InChI is InChI=1S/C14H11BrFNO/c1-9-3-2-4-14(18)11(9)8-17-13-6-5-10(15)7-12(13)16/h2-8,18H,1H3. The predicted octanol–water partition coefficient (Wildman–Crippen LogP) is 4.35. The molecule has 92 valence electrons. The van der Waals surface area contributed by atoms with Gasteiger partial charge in [-0.3, -0.25) is 4.99 Å². The molecule has 0 aromatic heterocycles. The summed E-state index contributed by atoms with van der Waals surface area (Å²) in [5.74, 6) is -0.273. The molecular weight excluding hydrogens is 297 g/mol. The molecular formula is C14H11BrFNO. The zero-order valence-electron chi connectivity index (χ0n) is 9.69. The van der Waals surface area contributed by atoms with Gasteiger partial charge in [0.15, 0.2) is 0 Å². The van der Waals surface area contributed by atoms with Gasteiger partial charge in [-0.2, -0.15) is 0 Å². The molecule has 0 saturated heterocycles. The normalized spacial score (nSPS) is 11.1. The predicted molar refractivity (Wildman–Crippen MR) is 74.2 cm³/mol. The van der Waals surface area contributed by atoms with Crippen LogP contribution in [-0.4, -0.2) is 11.3 Å². The van der Waals surface area contributed by atoms with E-state index in [9.17, 15) is 9.50 Å². The van der Waals surface area contributed by atoms with Crippen molar-refractivity contribution < 1.29 is 9.50 Å². The Kier molecular flexibility index (Phi) is 3.77. The third-order valence-corrected chi connectivity index (χ3v) is 3.04. The Bertz CT molecular complexity index is 590. The van der Waals surface area contributed by atoms with E-state index in [1.807, 2.05) is 13.0 Å². The van der Waals surface area contributed by atoms with Gasteiger partial charge in [0.1, 0.15) is 11.6 Å². The van der Waals surface area contributed by atoms with E-state index in [-0.39, 0.29) is 11.4 Å². The van der Waals surface area contributed by atoms with Gasteiger partial charge in [-0.1, -0.05) is 28.1 Å². The Morgan fingerprint density at radius 3 is 2.72 bits per heavy atom. The molecule has 0 heterocycles. The third kappa shape index (κ3) is 2.76. The fraction of sp³-hybridized carbons (Fsp3) is 0.0714. The average molecular weight is 308 g/mol. The molecule has 0 fully saturated rings. The van der Waals surface area contributed by atoms with Crippen LogP contribution in [0, 0.1) is 12.7 Å². The highest BCUT2D eigenvalue weighted by Gasteiger charge is 2.03. The van der Waals surface area contributed by atoms with Gasteiger partial charge in [0.05, 0.1) is 5.69 Å². The fourth-order valence-corrected chi connectivity index (χ4v) is 1.89. The van der Waals surface area contributed by atoms with Crippen molar-refractivity contribution in [3.63, 3.8) is 0 Å². The van der Waals surface area contributed by atoms with Crippen LogP contribution in [0.25, 0.3) is 0 Å². The lowest BCUT2D eigenvalue weighted by atomic mass is 10.1. The van der Waals surface area contributed by atoms with Gasteiger partial charge in [0, 0.05) is 16.3 Å². The second kappa shape index (κ2) is 5.31. The number of phenolic OH excluding ortho intramolecular Hbond substituents is 1. The van der Waals surface area contributed by atoms with Crippen molar-refractivity contribution in [3.05, 3.63) is 57.8 Å². The van der Waals surface area contributed by atoms with Gasteiger partial charge < -0.3 is 5.11 Å². The first-order valence-corrected chi connectivity index (χ1v) is 6.15. The van der Waals surface area contributed by atoms with Crippen LogP contribution in [0.3, 0.4) is 0 Å². The minimum Gasteiger partial charge on any atom is -0.507 e. The molecule has 2 nitrogen and oxygen atoms in total. The first-order valence-electron chi connectivity index (χ1n) is 5.35. The third-order valence-electron chi connectivity index (χ3n) is 2.54. The van der Waals surface area contributed by atoms with Crippen molar-refractivity contribution in [2.75, 3.05) is 0 Å². The van der Waals surface area contributed by atoms with Crippen LogP contribution in [-0.2, 0) is 0 Å². The Morgan fingerprint density at radius 1 is 1.28 bits per heavy atom. The van der Waals surface area contributed by atoms with Crippen molar-refractivity contribution in [1.82, 2.24) is 0 Å². The highest BCUT2D eigenvalue weighted by atomic mass is 79.9. The largest absolute Gasteiger partial charge is 0.507 e. The van der Waals surface area contributed by atoms with Crippen LogP contribution in [0.5, 0.6) is 5.75 Å². The molecule has 2 aromatic rings. The van der Waals surface area contributed by atoms with Gasteiger partial charge >= 0.3 is 0 Å². The lowest BCUT2D eigenvalue weighted by molar-refractivity contribution is 0.474. The van der Waals surface area contributed by atoms with Crippen LogP contribution in [0.4, 0.5) is 10.1 Å². The summed E-state index contributed by atoms with van der Waals surface area (Å²) in [5.41, 5.74) is 1.72. The fourth-order valence-electron chi connectivity index (χ4n) is 1.55. The molecule has 1 N–H and O–H groups in total. The number of hydrogen-bond acceptors (Lipinski definition) is 2. The van der Waals surface area contributed by atoms with Gasteiger partial charge in [-0.15, -0.1) is 0 Å². The molecule has 0 aliphatic heterocycles. The van der Waals surface area contributed by atoms with E-state index in [1.165, 1.54) is 12.3 Å². The number of phenols is 1.